The van der Waals surface area contributed by atoms with Crippen LogP contribution in [0.1, 0.15) is 24.6 Å². The summed E-state index contributed by atoms with van der Waals surface area (Å²) < 4.78 is 2.13. The Kier molecular flexibility index (Phi) is 3.92. The number of nitrogens with one attached hydrogen (secondary N) is 1. The van der Waals surface area contributed by atoms with Crippen LogP contribution < -0.4 is 5.32 Å². The van der Waals surface area contributed by atoms with Gasteiger partial charge in [-0.3, -0.25) is 0 Å². The van der Waals surface area contributed by atoms with E-state index in [1.54, 1.807) is 0 Å². The molecule has 0 unspecified atom stereocenters. The van der Waals surface area contributed by atoms with Crippen LogP contribution in [0.3, 0.4) is 0 Å². The van der Waals surface area contributed by atoms with Crippen molar-refractivity contribution in [1.29, 1.82) is 0 Å². The van der Waals surface area contributed by atoms with Crippen molar-refractivity contribution in [2.75, 3.05) is 5.32 Å². The molecule has 0 aliphatic rings. The molecule has 2 aromatic rings. The highest BCUT2D eigenvalue weighted by molar-refractivity contribution is 6.30. The summed E-state index contributed by atoms with van der Waals surface area (Å²) in [7, 11) is 0. The van der Waals surface area contributed by atoms with Crippen LogP contribution in [0.4, 0.5) is 11.6 Å². The monoisotopic (exact) mass is 263 g/mol. The Bertz CT molecular complexity index is 546. The van der Waals surface area contributed by atoms with Crippen molar-refractivity contribution in [2.24, 2.45) is 0 Å². The van der Waals surface area contributed by atoms with Gasteiger partial charge in [-0.15, -0.1) is 0 Å². The van der Waals surface area contributed by atoms with Crippen LogP contribution in [0.15, 0.2) is 24.4 Å². The number of hydrogen-bond donors (Lipinski definition) is 1. The number of aromatic nitrogens is 2. The lowest BCUT2D eigenvalue weighted by atomic mass is 10.2. The van der Waals surface area contributed by atoms with Gasteiger partial charge in [0, 0.05) is 23.5 Å². The molecule has 4 heteroatoms. The van der Waals surface area contributed by atoms with E-state index in [0.29, 0.717) is 0 Å². The summed E-state index contributed by atoms with van der Waals surface area (Å²) in [5, 5.41) is 4.08. The fourth-order valence-corrected chi connectivity index (χ4v) is 2.08. The lowest BCUT2D eigenvalue weighted by Gasteiger charge is -2.11. The third kappa shape index (κ3) is 2.85. The van der Waals surface area contributed by atoms with Gasteiger partial charge in [0.05, 0.1) is 5.69 Å². The van der Waals surface area contributed by atoms with E-state index in [-0.39, 0.29) is 0 Å². The minimum Gasteiger partial charge on any atom is -0.325 e. The van der Waals surface area contributed by atoms with E-state index < -0.39 is 0 Å². The number of anilines is 2. The molecular formula is C14H18ClN3. The number of rotatable bonds is 4. The molecule has 0 aliphatic heterocycles. The second kappa shape index (κ2) is 5.44. The van der Waals surface area contributed by atoms with Crippen LogP contribution in [0.25, 0.3) is 0 Å². The molecule has 0 saturated carbocycles. The minimum atomic E-state index is 0.730. The maximum absolute atomic E-state index is 6.02. The molecule has 18 heavy (non-hydrogen) atoms. The molecule has 0 radical (unpaired) electrons. The first-order valence-electron chi connectivity index (χ1n) is 6.17. The third-order valence-corrected chi connectivity index (χ3v) is 3.04. The summed E-state index contributed by atoms with van der Waals surface area (Å²) in [6.45, 7) is 7.17. The summed E-state index contributed by atoms with van der Waals surface area (Å²) >= 11 is 6.02. The highest BCUT2D eigenvalue weighted by atomic mass is 35.5. The topological polar surface area (TPSA) is 29.9 Å². The van der Waals surface area contributed by atoms with Crippen molar-refractivity contribution in [3.63, 3.8) is 0 Å². The molecule has 0 fully saturated rings. The summed E-state index contributed by atoms with van der Waals surface area (Å²) in [5.41, 5.74) is 3.18. The van der Waals surface area contributed by atoms with E-state index in [1.165, 1.54) is 0 Å². The van der Waals surface area contributed by atoms with Crippen LogP contribution in [0.2, 0.25) is 5.02 Å². The molecular weight excluding hydrogens is 246 g/mol. The Morgan fingerprint density at radius 1 is 1.33 bits per heavy atom. The van der Waals surface area contributed by atoms with Crippen molar-refractivity contribution >= 4 is 23.2 Å². The van der Waals surface area contributed by atoms with Gasteiger partial charge in [-0.1, -0.05) is 24.6 Å². The first kappa shape index (κ1) is 13.0. The number of nitrogens with zero attached hydrogens (tertiary/aromatic N) is 2. The van der Waals surface area contributed by atoms with Gasteiger partial charge in [0.25, 0.3) is 0 Å². The SMILES string of the molecule is CCCn1cc(C)nc1Nc1cc(Cl)ccc1C. The van der Waals surface area contributed by atoms with Crippen LogP contribution in [-0.4, -0.2) is 9.55 Å². The Morgan fingerprint density at radius 3 is 2.83 bits per heavy atom. The number of halogens is 1. The Hall–Kier alpha value is -1.48. The maximum Gasteiger partial charge on any atom is 0.207 e. The minimum absolute atomic E-state index is 0.730. The zero-order valence-electron chi connectivity index (χ0n) is 11.0. The summed E-state index contributed by atoms with van der Waals surface area (Å²) in [5.74, 6) is 0.875. The molecule has 96 valence electrons. The smallest absolute Gasteiger partial charge is 0.207 e. The predicted octanol–water partition coefficient (Wildman–Crippen LogP) is 4.31. The molecule has 0 bridgehead atoms. The second-order valence-electron chi connectivity index (χ2n) is 4.48. The van der Waals surface area contributed by atoms with Gasteiger partial charge in [0.1, 0.15) is 0 Å². The van der Waals surface area contributed by atoms with E-state index in [9.17, 15) is 0 Å². The number of hydrogen-bond acceptors (Lipinski definition) is 2. The molecule has 0 atom stereocenters. The summed E-state index contributed by atoms with van der Waals surface area (Å²) in [6.07, 6.45) is 3.14. The average molecular weight is 264 g/mol. The van der Waals surface area contributed by atoms with Crippen molar-refractivity contribution < 1.29 is 0 Å². The molecule has 0 saturated heterocycles. The average Bonchev–Trinajstić information content (AvgIpc) is 2.65. The normalized spacial score (nSPS) is 10.7. The fourth-order valence-electron chi connectivity index (χ4n) is 1.91. The van der Waals surface area contributed by atoms with Crippen LogP contribution in [0.5, 0.6) is 0 Å². The van der Waals surface area contributed by atoms with Crippen LogP contribution in [0, 0.1) is 13.8 Å². The lowest BCUT2D eigenvalue weighted by Crippen LogP contribution is -2.03. The van der Waals surface area contributed by atoms with E-state index in [2.05, 4.69) is 34.9 Å². The summed E-state index contributed by atoms with van der Waals surface area (Å²) in [6, 6.07) is 5.83. The molecule has 0 amide bonds. The first-order valence-corrected chi connectivity index (χ1v) is 6.55. The van der Waals surface area contributed by atoms with Crippen molar-refractivity contribution in [2.45, 2.75) is 33.7 Å². The van der Waals surface area contributed by atoms with Crippen molar-refractivity contribution in [3.8, 4) is 0 Å². The lowest BCUT2D eigenvalue weighted by molar-refractivity contribution is 0.686. The zero-order chi connectivity index (χ0) is 13.1. The molecule has 1 aromatic heterocycles. The molecule has 3 nitrogen and oxygen atoms in total. The van der Waals surface area contributed by atoms with Gasteiger partial charge in [-0.2, -0.15) is 0 Å². The highest BCUT2D eigenvalue weighted by Crippen LogP contribution is 2.24. The van der Waals surface area contributed by atoms with Gasteiger partial charge in [0.2, 0.25) is 5.95 Å². The number of aryl methyl sites for hydroxylation is 3. The standard InChI is InChI=1S/C14H18ClN3/c1-4-7-18-9-11(3)16-14(18)17-13-8-12(15)6-5-10(13)2/h5-6,8-9H,4,7H2,1-3H3,(H,16,17). The van der Waals surface area contributed by atoms with E-state index in [4.69, 9.17) is 11.6 Å². The Balaban J connectivity index is 2.30. The molecule has 1 heterocycles. The molecule has 2 rings (SSSR count). The highest BCUT2D eigenvalue weighted by Gasteiger charge is 2.07. The van der Waals surface area contributed by atoms with Crippen LogP contribution >= 0.6 is 11.6 Å². The predicted molar refractivity (Wildman–Crippen MR) is 76.7 cm³/mol. The molecule has 1 aromatic carbocycles. The Morgan fingerprint density at radius 2 is 2.11 bits per heavy atom. The third-order valence-electron chi connectivity index (χ3n) is 2.81. The zero-order valence-corrected chi connectivity index (χ0v) is 11.8. The quantitative estimate of drug-likeness (QED) is 0.891. The van der Waals surface area contributed by atoms with Gasteiger partial charge in [-0.05, 0) is 38.0 Å². The molecule has 0 spiro atoms. The maximum atomic E-state index is 6.02. The van der Waals surface area contributed by atoms with Crippen molar-refractivity contribution in [1.82, 2.24) is 9.55 Å². The van der Waals surface area contributed by atoms with Gasteiger partial charge >= 0.3 is 0 Å². The van der Waals surface area contributed by atoms with E-state index >= 15 is 0 Å². The number of benzene rings is 1. The first-order chi connectivity index (χ1) is 8.60. The Labute approximate surface area is 113 Å². The van der Waals surface area contributed by atoms with E-state index in [0.717, 1.165) is 40.9 Å². The molecule has 1 N–H and O–H groups in total. The summed E-state index contributed by atoms with van der Waals surface area (Å²) in [4.78, 5) is 4.50. The number of imidazole rings is 1. The van der Waals surface area contributed by atoms with Gasteiger partial charge in [-0.25, -0.2) is 4.98 Å². The van der Waals surface area contributed by atoms with Gasteiger partial charge in [0.15, 0.2) is 0 Å². The van der Waals surface area contributed by atoms with Crippen LogP contribution in [-0.2, 0) is 6.54 Å². The van der Waals surface area contributed by atoms with E-state index in [1.807, 2.05) is 25.1 Å². The van der Waals surface area contributed by atoms with Crippen molar-refractivity contribution in [3.05, 3.63) is 40.7 Å². The van der Waals surface area contributed by atoms with Gasteiger partial charge < -0.3 is 9.88 Å². The fraction of sp³-hybridized carbons (Fsp3) is 0.357. The molecule has 0 aliphatic carbocycles. The second-order valence-corrected chi connectivity index (χ2v) is 4.92. The largest absolute Gasteiger partial charge is 0.325 e.